The average Bonchev–Trinajstić information content (AvgIpc) is 2.97. The number of hydrogen-bond acceptors (Lipinski definition) is 2. The first kappa shape index (κ1) is 18.5. The lowest BCUT2D eigenvalue weighted by atomic mass is 10.0. The molecule has 26 heavy (non-hydrogen) atoms. The van der Waals surface area contributed by atoms with Gasteiger partial charge in [0.15, 0.2) is 0 Å². The van der Waals surface area contributed by atoms with Crippen LogP contribution in [-0.2, 0) is 9.71 Å². The number of H-pyrrole nitrogens is 1. The van der Waals surface area contributed by atoms with Gasteiger partial charge in [0.2, 0.25) is 0 Å². The van der Waals surface area contributed by atoms with Crippen LogP contribution in [0.5, 0.6) is 0 Å². The van der Waals surface area contributed by atoms with Crippen LogP contribution in [0.2, 0.25) is 0 Å². The van der Waals surface area contributed by atoms with Crippen LogP contribution in [0.3, 0.4) is 0 Å². The fourth-order valence-corrected chi connectivity index (χ4v) is 4.51. The van der Waals surface area contributed by atoms with Gasteiger partial charge in [-0.05, 0) is 62.0 Å². The third kappa shape index (κ3) is 3.78. The molecule has 0 radical (unpaired) electrons. The second kappa shape index (κ2) is 6.48. The molecule has 0 bridgehead atoms. The van der Waals surface area contributed by atoms with Crippen LogP contribution in [0.15, 0.2) is 47.5 Å². The van der Waals surface area contributed by atoms with E-state index in [0.29, 0.717) is 15.9 Å². The number of benzene rings is 1. The first-order valence-corrected chi connectivity index (χ1v) is 9.82. The number of rotatable bonds is 4. The Morgan fingerprint density at radius 3 is 2.42 bits per heavy atom. The normalized spacial score (nSPS) is 14.7. The third-order valence-corrected chi connectivity index (χ3v) is 5.78. The lowest BCUT2D eigenvalue weighted by molar-refractivity contribution is 0.147. The Hall–Kier alpha value is -2.25. The van der Waals surface area contributed by atoms with Gasteiger partial charge in [-0.1, -0.05) is 12.1 Å². The molecule has 0 aliphatic carbocycles. The molecular weight excluding hydrogens is 356 g/mol. The molecule has 0 saturated carbocycles. The summed E-state index contributed by atoms with van der Waals surface area (Å²) in [6, 6.07) is 10.3. The number of hydrogen-bond donors (Lipinski definition) is 2. The highest BCUT2D eigenvalue weighted by atomic mass is 32.2. The maximum atomic E-state index is 13.0. The summed E-state index contributed by atoms with van der Waals surface area (Å²) in [5.74, 6) is 3.82. The number of fused-ring (bicyclic) bond motifs is 1. The molecule has 3 aromatic rings. The Morgan fingerprint density at radius 1 is 1.19 bits per heavy atom. The van der Waals surface area contributed by atoms with Crippen molar-refractivity contribution in [3.05, 3.63) is 48.3 Å². The zero-order valence-corrected chi connectivity index (χ0v) is 15.7. The molecule has 7 heteroatoms. The summed E-state index contributed by atoms with van der Waals surface area (Å²) < 4.78 is 41.8. The van der Waals surface area contributed by atoms with Gasteiger partial charge < -0.3 is 4.98 Å². The molecule has 138 valence electrons. The Balaban J connectivity index is 2.00. The fourth-order valence-electron chi connectivity index (χ4n) is 2.82. The Morgan fingerprint density at radius 2 is 1.85 bits per heavy atom. The van der Waals surface area contributed by atoms with E-state index in [-0.39, 0.29) is 11.2 Å². The van der Waals surface area contributed by atoms with E-state index in [1.54, 1.807) is 24.4 Å². The first-order valence-electron chi connectivity index (χ1n) is 8.09. The summed E-state index contributed by atoms with van der Waals surface area (Å²) in [5, 5.41) is 0.624. The van der Waals surface area contributed by atoms with Crippen molar-refractivity contribution >= 4 is 26.6 Å². The van der Waals surface area contributed by atoms with Crippen LogP contribution >= 0.6 is 0 Å². The van der Waals surface area contributed by atoms with Gasteiger partial charge in [-0.2, -0.15) is 0 Å². The van der Waals surface area contributed by atoms with Crippen molar-refractivity contribution in [3.63, 3.8) is 0 Å². The molecule has 0 aliphatic rings. The molecule has 0 fully saturated rings. The summed E-state index contributed by atoms with van der Waals surface area (Å²) in [5.41, 5.74) is 1.52. The number of alkyl halides is 2. The SMILES string of the molecule is C=S(=O)(NC(C)(C)C)c1ccc(-c2ccnc3[nH]c(C(F)F)cc23)cc1. The number of aromatic amines is 1. The van der Waals surface area contributed by atoms with Gasteiger partial charge in [0, 0.05) is 22.0 Å². The fraction of sp³-hybridized carbons (Fsp3) is 0.263. The molecule has 0 amide bonds. The van der Waals surface area contributed by atoms with E-state index >= 15 is 0 Å². The van der Waals surface area contributed by atoms with Crippen molar-refractivity contribution in [2.75, 3.05) is 0 Å². The van der Waals surface area contributed by atoms with Crippen LogP contribution in [0.4, 0.5) is 8.78 Å². The highest BCUT2D eigenvalue weighted by Crippen LogP contribution is 2.31. The Bertz CT molecular complexity index is 1030. The number of nitrogens with zero attached hydrogens (tertiary/aromatic N) is 1. The van der Waals surface area contributed by atoms with E-state index in [0.717, 1.165) is 11.1 Å². The molecule has 0 spiro atoms. The van der Waals surface area contributed by atoms with E-state index < -0.39 is 16.1 Å². The quantitative estimate of drug-likeness (QED) is 0.656. The second-order valence-corrected chi connectivity index (χ2v) is 9.22. The molecule has 2 heterocycles. The molecule has 1 unspecified atom stereocenters. The predicted octanol–water partition coefficient (Wildman–Crippen LogP) is 4.55. The van der Waals surface area contributed by atoms with Crippen LogP contribution in [0.1, 0.15) is 32.9 Å². The van der Waals surface area contributed by atoms with Crippen LogP contribution in [-0.4, -0.2) is 25.6 Å². The van der Waals surface area contributed by atoms with Crippen molar-refractivity contribution in [3.8, 4) is 11.1 Å². The monoisotopic (exact) mass is 377 g/mol. The number of pyridine rings is 1. The van der Waals surface area contributed by atoms with Gasteiger partial charge in [-0.15, -0.1) is 0 Å². The van der Waals surface area contributed by atoms with Crippen LogP contribution < -0.4 is 4.72 Å². The summed E-state index contributed by atoms with van der Waals surface area (Å²) in [6.07, 6.45) is -1.01. The van der Waals surface area contributed by atoms with Crippen molar-refractivity contribution in [1.29, 1.82) is 0 Å². The summed E-state index contributed by atoms with van der Waals surface area (Å²) in [4.78, 5) is 7.34. The standard InChI is InChI=1S/C19H21F2N3OS/c1-19(2,3)24-26(4,25)13-7-5-12(6-8-13)14-9-10-22-18-15(14)11-16(23-18)17(20)21/h5-11,17H,4H2,1-3H3,(H,22,23)(H,24,25). The lowest BCUT2D eigenvalue weighted by Gasteiger charge is -2.24. The first-order chi connectivity index (χ1) is 12.1. The van der Waals surface area contributed by atoms with Crippen LogP contribution in [0, 0.1) is 0 Å². The second-order valence-electron chi connectivity index (χ2n) is 7.20. The Kier molecular flexibility index (Phi) is 4.62. The zero-order chi connectivity index (χ0) is 19.1. The van der Waals surface area contributed by atoms with Crippen LogP contribution in [0.25, 0.3) is 22.2 Å². The number of aromatic nitrogens is 2. The summed E-state index contributed by atoms with van der Waals surface area (Å²) in [7, 11) is -2.63. The topological polar surface area (TPSA) is 57.8 Å². The molecule has 3 rings (SSSR count). The molecule has 1 atom stereocenters. The maximum absolute atomic E-state index is 13.0. The maximum Gasteiger partial charge on any atom is 0.278 e. The van der Waals surface area contributed by atoms with E-state index in [2.05, 4.69) is 20.6 Å². The van der Waals surface area contributed by atoms with Gasteiger partial charge in [-0.3, -0.25) is 0 Å². The highest BCUT2D eigenvalue weighted by molar-refractivity contribution is 7.98. The molecule has 1 aromatic carbocycles. The third-order valence-electron chi connectivity index (χ3n) is 3.80. The van der Waals surface area contributed by atoms with E-state index in [1.165, 1.54) is 6.07 Å². The predicted molar refractivity (Wildman–Crippen MR) is 103 cm³/mol. The molecule has 0 saturated heterocycles. The van der Waals surface area contributed by atoms with Crippen molar-refractivity contribution in [2.45, 2.75) is 37.6 Å². The minimum Gasteiger partial charge on any atom is -0.338 e. The van der Waals surface area contributed by atoms with Gasteiger partial charge in [0.25, 0.3) is 6.43 Å². The molecule has 2 N–H and O–H groups in total. The van der Waals surface area contributed by atoms with Gasteiger partial charge in [0.1, 0.15) is 5.65 Å². The van der Waals surface area contributed by atoms with Crippen molar-refractivity contribution in [1.82, 2.24) is 14.7 Å². The molecular formula is C19H21F2N3OS. The van der Waals surface area contributed by atoms with E-state index in [1.807, 2.05) is 32.9 Å². The molecule has 2 aromatic heterocycles. The number of nitrogens with one attached hydrogen (secondary N) is 2. The van der Waals surface area contributed by atoms with Gasteiger partial charge >= 0.3 is 0 Å². The minimum absolute atomic E-state index is 0.160. The van der Waals surface area contributed by atoms with E-state index in [4.69, 9.17) is 0 Å². The van der Waals surface area contributed by atoms with Gasteiger partial charge in [0.05, 0.1) is 15.4 Å². The van der Waals surface area contributed by atoms with E-state index in [9.17, 15) is 13.0 Å². The minimum atomic E-state index is -2.63. The van der Waals surface area contributed by atoms with Gasteiger partial charge in [-0.25, -0.2) is 22.7 Å². The zero-order valence-electron chi connectivity index (χ0n) is 14.8. The Labute approximate surface area is 151 Å². The summed E-state index contributed by atoms with van der Waals surface area (Å²) >= 11 is 0. The smallest absolute Gasteiger partial charge is 0.278 e. The number of halogens is 2. The average molecular weight is 377 g/mol. The lowest BCUT2D eigenvalue weighted by Crippen LogP contribution is -2.40. The molecule has 0 aliphatic heterocycles. The summed E-state index contributed by atoms with van der Waals surface area (Å²) in [6.45, 7) is 5.77. The largest absolute Gasteiger partial charge is 0.338 e. The molecule has 4 nitrogen and oxygen atoms in total. The van der Waals surface area contributed by atoms with Crippen molar-refractivity contribution < 1.29 is 13.0 Å². The van der Waals surface area contributed by atoms with Crippen molar-refractivity contribution in [2.24, 2.45) is 0 Å². The highest BCUT2D eigenvalue weighted by Gasteiger charge is 2.18.